The minimum atomic E-state index is -4.29. The van der Waals surface area contributed by atoms with Crippen molar-refractivity contribution < 1.29 is 17.9 Å². The minimum absolute atomic E-state index is 0.0720. The van der Waals surface area contributed by atoms with Gasteiger partial charge in [-0.3, -0.25) is 0 Å². The number of benzene rings is 1. The highest BCUT2D eigenvalue weighted by molar-refractivity contribution is 5.29. The van der Waals surface area contributed by atoms with E-state index >= 15 is 0 Å². The fourth-order valence-corrected chi connectivity index (χ4v) is 3.26. The molecule has 1 aromatic carbocycles. The largest absolute Gasteiger partial charge is 0.416 e. The fourth-order valence-electron chi connectivity index (χ4n) is 3.26. The standard InChI is InChI=1S/C16H22F3NO/c1-3-20-14(15(21-2)10-4-5-11-15)12-6-8-13(9-7-12)16(17,18)19/h6-9,14,20H,3-5,10-11H2,1-2H3. The molecular weight excluding hydrogens is 279 g/mol. The SMILES string of the molecule is CCNC(c1ccc(C(F)(F)F)cc1)C1(OC)CCCC1. The highest BCUT2D eigenvalue weighted by Gasteiger charge is 2.42. The molecule has 1 fully saturated rings. The first-order valence-corrected chi connectivity index (χ1v) is 7.38. The van der Waals surface area contributed by atoms with Gasteiger partial charge in [-0.15, -0.1) is 0 Å². The zero-order chi connectivity index (χ0) is 15.5. The average molecular weight is 301 g/mol. The van der Waals surface area contributed by atoms with Crippen LogP contribution >= 0.6 is 0 Å². The zero-order valence-electron chi connectivity index (χ0n) is 12.5. The lowest BCUT2D eigenvalue weighted by Gasteiger charge is -2.37. The molecule has 0 radical (unpaired) electrons. The van der Waals surface area contributed by atoms with Crippen molar-refractivity contribution in [2.24, 2.45) is 0 Å². The molecule has 0 saturated heterocycles. The quantitative estimate of drug-likeness (QED) is 0.874. The lowest BCUT2D eigenvalue weighted by atomic mass is 9.86. The number of ether oxygens (including phenoxy) is 1. The summed E-state index contributed by atoms with van der Waals surface area (Å²) in [4.78, 5) is 0. The Bertz CT molecular complexity index is 450. The first-order chi connectivity index (χ1) is 9.93. The van der Waals surface area contributed by atoms with Crippen molar-refractivity contribution >= 4 is 0 Å². The predicted octanol–water partition coefficient (Wildman–Crippen LogP) is 4.32. The van der Waals surface area contributed by atoms with Crippen LogP contribution in [0, 0.1) is 0 Å². The molecule has 5 heteroatoms. The highest BCUT2D eigenvalue weighted by atomic mass is 19.4. The molecule has 0 spiro atoms. The molecule has 0 bridgehead atoms. The molecule has 1 N–H and O–H groups in total. The Morgan fingerprint density at radius 3 is 2.19 bits per heavy atom. The van der Waals surface area contributed by atoms with Gasteiger partial charge in [0, 0.05) is 7.11 Å². The molecule has 1 atom stereocenters. The van der Waals surface area contributed by atoms with Crippen molar-refractivity contribution in [2.45, 2.75) is 50.4 Å². The molecule has 21 heavy (non-hydrogen) atoms. The maximum atomic E-state index is 12.7. The Morgan fingerprint density at radius 1 is 1.19 bits per heavy atom. The van der Waals surface area contributed by atoms with E-state index in [-0.39, 0.29) is 11.6 Å². The second kappa shape index (κ2) is 6.36. The van der Waals surface area contributed by atoms with Crippen LogP contribution in [0.3, 0.4) is 0 Å². The first-order valence-electron chi connectivity index (χ1n) is 7.38. The van der Waals surface area contributed by atoms with Crippen LogP contribution in [-0.4, -0.2) is 19.3 Å². The third-order valence-electron chi connectivity index (χ3n) is 4.36. The molecule has 2 rings (SSSR count). The van der Waals surface area contributed by atoms with Gasteiger partial charge in [0.2, 0.25) is 0 Å². The average Bonchev–Trinajstić information content (AvgIpc) is 2.94. The number of alkyl halides is 3. The Balaban J connectivity index is 2.30. The summed E-state index contributed by atoms with van der Waals surface area (Å²) in [6.45, 7) is 2.74. The van der Waals surface area contributed by atoms with E-state index in [1.165, 1.54) is 0 Å². The molecule has 1 aromatic rings. The molecular formula is C16H22F3NO. The van der Waals surface area contributed by atoms with Crippen molar-refractivity contribution in [1.29, 1.82) is 0 Å². The number of methoxy groups -OCH3 is 1. The summed E-state index contributed by atoms with van der Waals surface area (Å²) in [5.41, 5.74) is -0.0663. The summed E-state index contributed by atoms with van der Waals surface area (Å²) in [5.74, 6) is 0. The molecule has 1 unspecified atom stereocenters. The summed E-state index contributed by atoms with van der Waals surface area (Å²) >= 11 is 0. The van der Waals surface area contributed by atoms with Crippen LogP contribution in [0.15, 0.2) is 24.3 Å². The van der Waals surface area contributed by atoms with Gasteiger partial charge in [0.05, 0.1) is 17.2 Å². The van der Waals surface area contributed by atoms with Crippen LogP contribution in [0.2, 0.25) is 0 Å². The van der Waals surface area contributed by atoms with Crippen LogP contribution in [0.25, 0.3) is 0 Å². The van der Waals surface area contributed by atoms with Gasteiger partial charge < -0.3 is 10.1 Å². The van der Waals surface area contributed by atoms with Gasteiger partial charge in [0.1, 0.15) is 0 Å². The van der Waals surface area contributed by atoms with E-state index in [1.807, 2.05) is 6.92 Å². The molecule has 0 aliphatic heterocycles. The van der Waals surface area contributed by atoms with Gasteiger partial charge in [-0.25, -0.2) is 0 Å². The number of halogens is 3. The van der Waals surface area contributed by atoms with Crippen LogP contribution < -0.4 is 5.32 Å². The number of hydrogen-bond donors (Lipinski definition) is 1. The molecule has 1 aliphatic carbocycles. The van der Waals surface area contributed by atoms with E-state index in [1.54, 1.807) is 19.2 Å². The second-order valence-electron chi connectivity index (χ2n) is 5.59. The van der Waals surface area contributed by atoms with Crippen molar-refractivity contribution in [3.63, 3.8) is 0 Å². The molecule has 1 saturated carbocycles. The molecule has 0 aromatic heterocycles. The number of hydrogen-bond acceptors (Lipinski definition) is 2. The zero-order valence-corrected chi connectivity index (χ0v) is 12.5. The van der Waals surface area contributed by atoms with Crippen LogP contribution in [0.4, 0.5) is 13.2 Å². The first kappa shape index (κ1) is 16.3. The maximum Gasteiger partial charge on any atom is 0.416 e. The number of nitrogens with one attached hydrogen (secondary N) is 1. The van der Waals surface area contributed by atoms with E-state index in [4.69, 9.17) is 4.74 Å². The second-order valence-corrected chi connectivity index (χ2v) is 5.59. The normalized spacial score (nSPS) is 19.7. The van der Waals surface area contributed by atoms with Crippen molar-refractivity contribution in [2.75, 3.05) is 13.7 Å². The third kappa shape index (κ3) is 3.40. The van der Waals surface area contributed by atoms with Crippen LogP contribution in [-0.2, 0) is 10.9 Å². The van der Waals surface area contributed by atoms with E-state index in [0.29, 0.717) is 0 Å². The Labute approximate surface area is 123 Å². The lowest BCUT2D eigenvalue weighted by molar-refractivity contribution is -0.137. The number of likely N-dealkylation sites (N-methyl/N-ethyl adjacent to an activating group) is 1. The van der Waals surface area contributed by atoms with Gasteiger partial charge >= 0.3 is 6.18 Å². The smallest absolute Gasteiger partial charge is 0.376 e. The van der Waals surface area contributed by atoms with Crippen molar-refractivity contribution in [1.82, 2.24) is 5.32 Å². The van der Waals surface area contributed by atoms with Gasteiger partial charge in [0.25, 0.3) is 0 Å². The Hall–Kier alpha value is -1.07. The molecule has 2 nitrogen and oxygen atoms in total. The minimum Gasteiger partial charge on any atom is -0.376 e. The summed E-state index contributed by atoms with van der Waals surface area (Å²) in [6, 6.07) is 5.36. The topological polar surface area (TPSA) is 21.3 Å². The fraction of sp³-hybridized carbons (Fsp3) is 0.625. The van der Waals surface area contributed by atoms with Gasteiger partial charge in [0.15, 0.2) is 0 Å². The highest BCUT2D eigenvalue weighted by Crippen LogP contribution is 2.43. The van der Waals surface area contributed by atoms with Crippen molar-refractivity contribution in [3.05, 3.63) is 35.4 Å². The number of rotatable bonds is 5. The van der Waals surface area contributed by atoms with Gasteiger partial charge in [-0.2, -0.15) is 13.2 Å². The van der Waals surface area contributed by atoms with E-state index in [2.05, 4.69) is 5.32 Å². The molecule has 0 amide bonds. The van der Waals surface area contributed by atoms with E-state index in [9.17, 15) is 13.2 Å². The molecule has 1 aliphatic rings. The lowest BCUT2D eigenvalue weighted by Crippen LogP contribution is -2.43. The predicted molar refractivity (Wildman–Crippen MR) is 76.1 cm³/mol. The van der Waals surface area contributed by atoms with Crippen LogP contribution in [0.5, 0.6) is 0 Å². The monoisotopic (exact) mass is 301 g/mol. The van der Waals surface area contributed by atoms with Gasteiger partial charge in [-0.1, -0.05) is 31.9 Å². The summed E-state index contributed by atoms with van der Waals surface area (Å²) < 4.78 is 43.8. The van der Waals surface area contributed by atoms with Crippen molar-refractivity contribution in [3.8, 4) is 0 Å². The summed E-state index contributed by atoms with van der Waals surface area (Å²) in [6.07, 6.45) is -0.240. The third-order valence-corrected chi connectivity index (χ3v) is 4.36. The Morgan fingerprint density at radius 2 is 1.76 bits per heavy atom. The maximum absolute atomic E-state index is 12.7. The van der Waals surface area contributed by atoms with E-state index < -0.39 is 11.7 Å². The molecule has 118 valence electrons. The van der Waals surface area contributed by atoms with Gasteiger partial charge in [-0.05, 0) is 37.1 Å². The van der Waals surface area contributed by atoms with E-state index in [0.717, 1.165) is 49.9 Å². The summed E-state index contributed by atoms with van der Waals surface area (Å²) in [5, 5.41) is 3.38. The molecule has 0 heterocycles. The van der Waals surface area contributed by atoms with Crippen LogP contribution in [0.1, 0.15) is 49.8 Å². The summed E-state index contributed by atoms with van der Waals surface area (Å²) in [7, 11) is 1.69. The Kier molecular flexibility index (Phi) is 4.94.